The number of nitrogens with one attached hydrogen (secondary N) is 3. The number of pyridine rings is 1. The molecule has 1 aliphatic carbocycles. The Morgan fingerprint density at radius 1 is 0.957 bits per heavy atom. The maximum Gasteiger partial charge on any atom is 0.412 e. The van der Waals surface area contributed by atoms with Gasteiger partial charge in [-0.25, -0.2) is 19.7 Å². The molecule has 0 fully saturated rings. The summed E-state index contributed by atoms with van der Waals surface area (Å²) in [5.41, 5.74) is 5.31. The van der Waals surface area contributed by atoms with Crippen molar-refractivity contribution in [1.29, 1.82) is 0 Å². The summed E-state index contributed by atoms with van der Waals surface area (Å²) in [7, 11) is 0. The van der Waals surface area contributed by atoms with Crippen molar-refractivity contribution in [3.63, 3.8) is 0 Å². The van der Waals surface area contributed by atoms with Crippen LogP contribution < -0.4 is 16.0 Å². The van der Waals surface area contributed by atoms with Gasteiger partial charge in [0.25, 0.3) is 5.91 Å². The standard InChI is InChI=1S/C37H38N6O3S/c1-22(2)29-18-16-28-33(41-29)38-21-39-34(28)42-31-20-24(35(44)43-30-17-10-23-8-6-7-9-27(23)30)11-19-32(31)47-26-14-12-25(13-15-26)40-36(45)46-37(3,4)5/h6-9,11-16,18-22,30H,10,17H2,1-5H3,(H,40,45)(H,43,44)(H,38,39,41,42)/t30-/m0/s1. The molecule has 240 valence electrons. The Morgan fingerprint density at radius 3 is 2.51 bits per heavy atom. The Kier molecular flexibility index (Phi) is 9.13. The summed E-state index contributed by atoms with van der Waals surface area (Å²) in [6.07, 6.45) is 2.81. The highest BCUT2D eigenvalue weighted by atomic mass is 32.2. The van der Waals surface area contributed by atoms with Gasteiger partial charge in [-0.05, 0) is 105 Å². The molecule has 5 aromatic rings. The number of amides is 2. The van der Waals surface area contributed by atoms with Crippen molar-refractivity contribution >= 4 is 52.0 Å². The van der Waals surface area contributed by atoms with Crippen molar-refractivity contribution in [2.75, 3.05) is 10.6 Å². The van der Waals surface area contributed by atoms with Crippen LogP contribution in [0.5, 0.6) is 0 Å². The van der Waals surface area contributed by atoms with Gasteiger partial charge in [0, 0.05) is 26.7 Å². The topological polar surface area (TPSA) is 118 Å². The molecule has 3 aromatic carbocycles. The van der Waals surface area contributed by atoms with Crippen LogP contribution in [0.25, 0.3) is 11.0 Å². The summed E-state index contributed by atoms with van der Waals surface area (Å²) in [4.78, 5) is 41.3. The molecule has 0 spiro atoms. The van der Waals surface area contributed by atoms with E-state index < -0.39 is 11.7 Å². The van der Waals surface area contributed by atoms with E-state index in [4.69, 9.17) is 9.72 Å². The second kappa shape index (κ2) is 13.4. The quantitative estimate of drug-likeness (QED) is 0.153. The summed E-state index contributed by atoms with van der Waals surface area (Å²) in [6, 6.07) is 25.4. The van der Waals surface area contributed by atoms with Gasteiger partial charge < -0.3 is 15.4 Å². The molecule has 0 saturated heterocycles. The molecule has 10 heteroatoms. The van der Waals surface area contributed by atoms with Crippen molar-refractivity contribution in [3.05, 3.63) is 108 Å². The number of hydrogen-bond donors (Lipinski definition) is 3. The average Bonchev–Trinajstić information content (AvgIpc) is 3.44. The minimum atomic E-state index is -0.588. The maximum atomic E-state index is 13.6. The van der Waals surface area contributed by atoms with Crippen molar-refractivity contribution in [2.45, 2.75) is 74.8 Å². The highest BCUT2D eigenvalue weighted by Gasteiger charge is 2.24. The number of aryl methyl sites for hydroxylation is 1. The molecule has 0 radical (unpaired) electrons. The van der Waals surface area contributed by atoms with Crippen LogP contribution in [0.15, 0.2) is 95.0 Å². The zero-order valence-electron chi connectivity index (χ0n) is 27.1. The molecule has 1 atom stereocenters. The van der Waals surface area contributed by atoms with E-state index in [0.717, 1.165) is 39.4 Å². The number of carbonyl (C=O) groups excluding carboxylic acids is 2. The smallest absolute Gasteiger partial charge is 0.412 e. The first-order chi connectivity index (χ1) is 22.5. The molecule has 0 saturated carbocycles. The normalized spacial score (nSPS) is 14.1. The lowest BCUT2D eigenvalue weighted by Crippen LogP contribution is -2.27. The van der Waals surface area contributed by atoms with E-state index >= 15 is 0 Å². The number of fused-ring (bicyclic) bond motifs is 2. The summed E-state index contributed by atoms with van der Waals surface area (Å²) in [5.74, 6) is 0.722. The van der Waals surface area contributed by atoms with Crippen LogP contribution in [0.4, 0.5) is 22.0 Å². The van der Waals surface area contributed by atoms with E-state index in [0.29, 0.717) is 22.7 Å². The Labute approximate surface area is 279 Å². The lowest BCUT2D eigenvalue weighted by molar-refractivity contribution is 0.0635. The maximum absolute atomic E-state index is 13.6. The molecule has 47 heavy (non-hydrogen) atoms. The Bertz CT molecular complexity index is 1940. The van der Waals surface area contributed by atoms with Crippen LogP contribution in [-0.2, 0) is 11.2 Å². The second-order valence-corrected chi connectivity index (χ2v) is 14.0. The minimum absolute atomic E-state index is 0.0241. The molecule has 0 aliphatic heterocycles. The summed E-state index contributed by atoms with van der Waals surface area (Å²) in [5, 5.41) is 10.3. The molecule has 9 nitrogen and oxygen atoms in total. The molecule has 2 amide bonds. The Morgan fingerprint density at radius 2 is 1.74 bits per heavy atom. The van der Waals surface area contributed by atoms with Crippen molar-refractivity contribution in [2.24, 2.45) is 0 Å². The van der Waals surface area contributed by atoms with Gasteiger partial charge in [0.1, 0.15) is 17.7 Å². The highest BCUT2D eigenvalue weighted by Crippen LogP contribution is 2.37. The number of anilines is 3. The van der Waals surface area contributed by atoms with Crippen LogP contribution in [0.2, 0.25) is 0 Å². The molecule has 1 aliphatic rings. The number of ether oxygens (including phenoxy) is 1. The predicted molar refractivity (Wildman–Crippen MR) is 187 cm³/mol. The number of rotatable bonds is 8. The van der Waals surface area contributed by atoms with Crippen LogP contribution >= 0.6 is 11.8 Å². The van der Waals surface area contributed by atoms with Gasteiger partial charge in [0.15, 0.2) is 5.65 Å². The number of hydrogen-bond acceptors (Lipinski definition) is 8. The third kappa shape index (κ3) is 7.72. The van der Waals surface area contributed by atoms with Crippen LogP contribution in [0, 0.1) is 0 Å². The SMILES string of the molecule is CC(C)c1ccc2c(Nc3cc(C(=O)N[C@H]4CCc5ccccc54)ccc3Sc3ccc(NC(=O)OC(C)(C)C)cc3)ncnc2n1. The molecular weight excluding hydrogens is 609 g/mol. The van der Waals surface area contributed by atoms with Crippen LogP contribution in [0.1, 0.15) is 80.2 Å². The van der Waals surface area contributed by atoms with Crippen LogP contribution in [0.3, 0.4) is 0 Å². The fourth-order valence-corrected chi connectivity index (χ4v) is 6.35. The molecule has 0 unspecified atom stereocenters. The van der Waals surface area contributed by atoms with Gasteiger partial charge in [-0.1, -0.05) is 49.9 Å². The van der Waals surface area contributed by atoms with Crippen molar-refractivity contribution in [1.82, 2.24) is 20.3 Å². The number of aromatic nitrogens is 3. The second-order valence-electron chi connectivity index (χ2n) is 12.8. The van der Waals surface area contributed by atoms with E-state index in [1.165, 1.54) is 29.2 Å². The number of nitrogens with zero attached hydrogens (tertiary/aromatic N) is 3. The van der Waals surface area contributed by atoms with Gasteiger partial charge in [-0.3, -0.25) is 10.1 Å². The third-order valence-electron chi connectivity index (χ3n) is 7.77. The van der Waals surface area contributed by atoms with E-state index in [-0.39, 0.29) is 17.9 Å². The monoisotopic (exact) mass is 646 g/mol. The number of carbonyl (C=O) groups is 2. The largest absolute Gasteiger partial charge is 0.444 e. The first-order valence-electron chi connectivity index (χ1n) is 15.7. The van der Waals surface area contributed by atoms with Gasteiger partial charge in [0.05, 0.1) is 17.1 Å². The molecule has 2 heterocycles. The molecular formula is C37H38N6O3S. The zero-order chi connectivity index (χ0) is 33.1. The van der Waals surface area contributed by atoms with E-state index in [2.05, 4.69) is 51.9 Å². The van der Waals surface area contributed by atoms with Gasteiger partial charge in [0.2, 0.25) is 0 Å². The fraction of sp³-hybridized carbons (Fsp3) is 0.270. The van der Waals surface area contributed by atoms with E-state index in [1.54, 1.807) is 0 Å². The lowest BCUT2D eigenvalue weighted by Gasteiger charge is -2.19. The van der Waals surface area contributed by atoms with Crippen molar-refractivity contribution in [3.8, 4) is 0 Å². The lowest BCUT2D eigenvalue weighted by atomic mass is 10.1. The summed E-state index contributed by atoms with van der Waals surface area (Å²) >= 11 is 1.53. The summed E-state index contributed by atoms with van der Waals surface area (Å²) in [6.45, 7) is 9.66. The molecule has 6 rings (SSSR count). The summed E-state index contributed by atoms with van der Waals surface area (Å²) < 4.78 is 5.37. The third-order valence-corrected chi connectivity index (χ3v) is 8.85. The number of benzene rings is 3. The van der Waals surface area contributed by atoms with E-state index in [1.807, 2.05) is 87.5 Å². The molecule has 3 N–H and O–H groups in total. The Balaban J connectivity index is 1.28. The fourth-order valence-electron chi connectivity index (χ4n) is 5.47. The predicted octanol–water partition coefficient (Wildman–Crippen LogP) is 8.81. The van der Waals surface area contributed by atoms with E-state index in [9.17, 15) is 9.59 Å². The zero-order valence-corrected chi connectivity index (χ0v) is 27.9. The van der Waals surface area contributed by atoms with Crippen LogP contribution in [-0.4, -0.2) is 32.6 Å². The molecule has 2 aromatic heterocycles. The van der Waals surface area contributed by atoms with Gasteiger partial charge in [-0.2, -0.15) is 0 Å². The molecule has 0 bridgehead atoms. The average molecular weight is 647 g/mol. The Hall–Kier alpha value is -4.96. The first-order valence-corrected chi connectivity index (χ1v) is 16.5. The minimum Gasteiger partial charge on any atom is -0.444 e. The van der Waals surface area contributed by atoms with Crippen molar-refractivity contribution < 1.29 is 14.3 Å². The first kappa shape index (κ1) is 32.0. The highest BCUT2D eigenvalue weighted by molar-refractivity contribution is 7.99. The van der Waals surface area contributed by atoms with Gasteiger partial charge >= 0.3 is 6.09 Å². The van der Waals surface area contributed by atoms with Gasteiger partial charge in [-0.15, -0.1) is 0 Å².